The van der Waals surface area contributed by atoms with E-state index in [0.29, 0.717) is 24.3 Å². The molecule has 0 saturated carbocycles. The fourth-order valence-corrected chi connectivity index (χ4v) is 3.86. The molecule has 1 aliphatic rings. The van der Waals surface area contributed by atoms with Crippen LogP contribution in [0.3, 0.4) is 0 Å². The van der Waals surface area contributed by atoms with Gasteiger partial charge in [0.1, 0.15) is 18.2 Å². The van der Waals surface area contributed by atoms with Crippen molar-refractivity contribution in [2.24, 2.45) is 0 Å². The minimum absolute atomic E-state index is 0.460. The predicted molar refractivity (Wildman–Crippen MR) is 117 cm³/mol. The van der Waals surface area contributed by atoms with Crippen molar-refractivity contribution < 1.29 is 17.9 Å². The minimum atomic E-state index is -4.39. The molecule has 32 heavy (non-hydrogen) atoms. The lowest BCUT2D eigenvalue weighted by molar-refractivity contribution is -0.137. The van der Waals surface area contributed by atoms with Gasteiger partial charge in [-0.15, -0.1) is 0 Å². The second-order valence-electron chi connectivity index (χ2n) is 7.61. The topological polar surface area (TPSA) is 39.1 Å². The van der Waals surface area contributed by atoms with Gasteiger partial charge in [-0.2, -0.15) is 18.3 Å². The van der Waals surface area contributed by atoms with Crippen molar-refractivity contribution in [2.75, 3.05) is 11.9 Å². The van der Waals surface area contributed by atoms with E-state index in [0.717, 1.165) is 47.1 Å². The maximum atomic E-state index is 13.2. The quantitative estimate of drug-likeness (QED) is 0.411. The number of ether oxygens (including phenoxy) is 1. The number of alkyl halides is 3. The number of hydrogen-bond donors (Lipinski definition) is 1. The molecular weight excluding hydrogens is 415 g/mol. The molecule has 0 atom stereocenters. The molecule has 1 aliphatic heterocycles. The molecule has 3 aromatic carbocycles. The Kier molecular flexibility index (Phi) is 5.09. The lowest BCUT2D eigenvalue weighted by atomic mass is 10.0. The van der Waals surface area contributed by atoms with Crippen LogP contribution in [0.2, 0.25) is 0 Å². The molecule has 5 rings (SSSR count). The number of fused-ring (bicyclic) bond motifs is 1. The van der Waals surface area contributed by atoms with E-state index in [1.54, 1.807) is 10.7 Å². The number of hydrogen-bond acceptors (Lipinski definition) is 3. The van der Waals surface area contributed by atoms with E-state index in [-0.39, 0.29) is 0 Å². The Morgan fingerprint density at radius 3 is 2.47 bits per heavy atom. The summed E-state index contributed by atoms with van der Waals surface area (Å²) in [6.45, 7) is 1.19. The zero-order valence-electron chi connectivity index (χ0n) is 17.1. The first-order valence-corrected chi connectivity index (χ1v) is 10.3. The highest BCUT2D eigenvalue weighted by Crippen LogP contribution is 2.37. The molecule has 1 aromatic heterocycles. The van der Waals surface area contributed by atoms with Crippen molar-refractivity contribution in [2.45, 2.75) is 19.2 Å². The Labute approximate surface area is 183 Å². The van der Waals surface area contributed by atoms with E-state index in [2.05, 4.69) is 10.4 Å². The highest BCUT2D eigenvalue weighted by molar-refractivity contribution is 5.73. The van der Waals surface area contributed by atoms with Crippen LogP contribution in [0.1, 0.15) is 16.7 Å². The maximum absolute atomic E-state index is 13.2. The highest BCUT2D eigenvalue weighted by atomic mass is 19.4. The van der Waals surface area contributed by atoms with Crippen LogP contribution in [-0.2, 0) is 19.2 Å². The Balaban J connectivity index is 1.43. The van der Waals surface area contributed by atoms with Crippen molar-refractivity contribution in [1.29, 1.82) is 0 Å². The van der Waals surface area contributed by atoms with Gasteiger partial charge >= 0.3 is 6.18 Å². The van der Waals surface area contributed by atoms with Gasteiger partial charge in [0.15, 0.2) is 0 Å². The van der Waals surface area contributed by atoms with Crippen molar-refractivity contribution in [1.82, 2.24) is 9.78 Å². The number of nitrogens with zero attached hydrogens (tertiary/aromatic N) is 2. The molecule has 0 unspecified atom stereocenters. The summed E-state index contributed by atoms with van der Waals surface area (Å²) >= 11 is 0. The first-order chi connectivity index (χ1) is 15.5. The molecule has 4 aromatic rings. The Morgan fingerprint density at radius 1 is 0.938 bits per heavy atom. The molecule has 0 spiro atoms. The number of rotatable bonds is 5. The fourth-order valence-electron chi connectivity index (χ4n) is 3.86. The summed E-state index contributed by atoms with van der Waals surface area (Å²) in [5.74, 6) is 1.54. The van der Waals surface area contributed by atoms with E-state index >= 15 is 0 Å². The summed E-state index contributed by atoms with van der Waals surface area (Å²) in [4.78, 5) is 0. The van der Waals surface area contributed by atoms with E-state index in [9.17, 15) is 13.2 Å². The highest BCUT2D eigenvalue weighted by Gasteiger charge is 2.31. The monoisotopic (exact) mass is 435 g/mol. The van der Waals surface area contributed by atoms with Gasteiger partial charge in [0.05, 0.1) is 16.9 Å². The van der Waals surface area contributed by atoms with Crippen LogP contribution in [0.4, 0.5) is 19.0 Å². The van der Waals surface area contributed by atoms with E-state index in [1.807, 2.05) is 54.6 Å². The minimum Gasteiger partial charge on any atom is -0.489 e. The zero-order chi connectivity index (χ0) is 22.1. The van der Waals surface area contributed by atoms with Crippen LogP contribution in [-0.4, -0.2) is 16.3 Å². The number of aromatic nitrogens is 2. The molecule has 0 aliphatic carbocycles. The van der Waals surface area contributed by atoms with Gasteiger partial charge in [0.25, 0.3) is 0 Å². The third kappa shape index (κ3) is 3.93. The fraction of sp³-hybridized carbons (Fsp3) is 0.160. The molecule has 7 heteroatoms. The van der Waals surface area contributed by atoms with Gasteiger partial charge < -0.3 is 10.1 Å². The summed E-state index contributed by atoms with van der Waals surface area (Å²) in [6, 6.07) is 22.7. The average Bonchev–Trinajstić information content (AvgIpc) is 3.41. The lowest BCUT2D eigenvalue weighted by Gasteiger charge is -2.10. The second kappa shape index (κ2) is 8.07. The molecule has 2 heterocycles. The molecule has 0 amide bonds. The van der Waals surface area contributed by atoms with Crippen molar-refractivity contribution in [3.63, 3.8) is 0 Å². The predicted octanol–water partition coefficient (Wildman–Crippen LogP) is 6.11. The third-order valence-corrected chi connectivity index (χ3v) is 5.44. The number of anilines is 1. The largest absolute Gasteiger partial charge is 0.489 e. The van der Waals surface area contributed by atoms with E-state index in [1.165, 1.54) is 6.07 Å². The standard InChI is InChI=1S/C25H20F3N3O/c26-25(27,28)19-8-4-7-18(15-19)23-22-13-14-29-24(22)31(30-23)20-9-11-21(12-10-20)32-16-17-5-2-1-3-6-17/h1-12,15,29H,13-14,16H2. The van der Waals surface area contributed by atoms with Crippen LogP contribution in [0.5, 0.6) is 5.75 Å². The number of benzene rings is 3. The van der Waals surface area contributed by atoms with Gasteiger partial charge in [-0.3, -0.25) is 0 Å². The summed E-state index contributed by atoms with van der Waals surface area (Å²) in [7, 11) is 0. The first-order valence-electron chi connectivity index (χ1n) is 10.3. The molecule has 0 bridgehead atoms. The molecule has 4 nitrogen and oxygen atoms in total. The van der Waals surface area contributed by atoms with Crippen LogP contribution in [0.15, 0.2) is 78.9 Å². The van der Waals surface area contributed by atoms with Crippen molar-refractivity contribution in [3.8, 4) is 22.7 Å². The SMILES string of the molecule is FC(F)(F)c1cccc(-c2nn(-c3ccc(OCc4ccccc4)cc3)c3c2CCN3)c1. The molecule has 0 saturated heterocycles. The van der Waals surface area contributed by atoms with Gasteiger partial charge in [-0.25, -0.2) is 4.68 Å². The summed E-state index contributed by atoms with van der Waals surface area (Å²) in [5, 5.41) is 7.98. The summed E-state index contributed by atoms with van der Waals surface area (Å²) in [6.07, 6.45) is -3.69. The maximum Gasteiger partial charge on any atom is 0.416 e. The molecule has 0 radical (unpaired) electrons. The lowest BCUT2D eigenvalue weighted by Crippen LogP contribution is -2.05. The van der Waals surface area contributed by atoms with Crippen LogP contribution in [0.25, 0.3) is 16.9 Å². The van der Waals surface area contributed by atoms with Crippen molar-refractivity contribution in [3.05, 3.63) is 95.6 Å². The molecule has 162 valence electrons. The third-order valence-electron chi connectivity index (χ3n) is 5.44. The van der Waals surface area contributed by atoms with Crippen LogP contribution >= 0.6 is 0 Å². The Hall–Kier alpha value is -3.74. The summed E-state index contributed by atoms with van der Waals surface area (Å²) in [5.41, 5.74) is 3.16. The summed E-state index contributed by atoms with van der Waals surface area (Å²) < 4.78 is 47.2. The number of nitrogens with one attached hydrogen (secondary N) is 1. The number of halogens is 3. The normalized spacial score (nSPS) is 13.0. The van der Waals surface area contributed by atoms with Gasteiger partial charge in [-0.05, 0) is 48.4 Å². The van der Waals surface area contributed by atoms with E-state index < -0.39 is 11.7 Å². The van der Waals surface area contributed by atoms with Gasteiger partial charge in [-0.1, -0.05) is 42.5 Å². The second-order valence-corrected chi connectivity index (χ2v) is 7.61. The van der Waals surface area contributed by atoms with Crippen LogP contribution < -0.4 is 10.1 Å². The molecule has 1 N–H and O–H groups in total. The Bertz CT molecular complexity index is 1230. The molecule has 0 fully saturated rings. The van der Waals surface area contributed by atoms with Gasteiger partial charge in [0, 0.05) is 17.7 Å². The van der Waals surface area contributed by atoms with Gasteiger partial charge in [0.2, 0.25) is 0 Å². The molecular formula is C25H20F3N3O. The average molecular weight is 435 g/mol. The smallest absolute Gasteiger partial charge is 0.416 e. The zero-order valence-corrected chi connectivity index (χ0v) is 17.1. The van der Waals surface area contributed by atoms with E-state index in [4.69, 9.17) is 4.74 Å². The van der Waals surface area contributed by atoms with Crippen LogP contribution in [0, 0.1) is 0 Å². The Morgan fingerprint density at radius 2 is 1.72 bits per heavy atom. The van der Waals surface area contributed by atoms with Crippen molar-refractivity contribution >= 4 is 5.82 Å². The first kappa shape index (κ1) is 20.2.